The molecule has 86 valence electrons. The normalized spacial score (nSPS) is 13.9. The number of methoxy groups -OCH3 is 1. The Morgan fingerprint density at radius 1 is 1.56 bits per heavy atom. The van der Waals surface area contributed by atoms with Crippen molar-refractivity contribution in [2.45, 2.75) is 13.0 Å². The number of carbonyl (C=O) groups excluding carboxylic acids is 1. The molecule has 4 heteroatoms. The number of nitrogens with zero attached hydrogens (tertiary/aromatic N) is 1. The van der Waals surface area contributed by atoms with Gasteiger partial charge in [-0.1, -0.05) is 19.6 Å². The van der Waals surface area contributed by atoms with Crippen molar-refractivity contribution in [3.63, 3.8) is 0 Å². The highest BCUT2D eigenvalue weighted by Crippen LogP contribution is 2.25. The van der Waals surface area contributed by atoms with E-state index in [4.69, 9.17) is 0 Å². The Labute approximate surface area is 94.6 Å². The number of hydrogen-bond acceptors (Lipinski definition) is 4. The van der Waals surface area contributed by atoms with Crippen molar-refractivity contribution in [1.82, 2.24) is 4.98 Å². The second kappa shape index (κ2) is 5.42. The maximum absolute atomic E-state index is 11.2. The Hall–Kier alpha value is -1.68. The molecule has 1 rings (SSSR count). The molecule has 4 nitrogen and oxygen atoms in total. The Kier molecular flexibility index (Phi) is 4.19. The van der Waals surface area contributed by atoms with Crippen LogP contribution < -0.4 is 0 Å². The number of aromatic nitrogens is 1. The zero-order chi connectivity index (χ0) is 12.1. The number of carbonyl (C=O) groups is 1. The van der Waals surface area contributed by atoms with E-state index in [1.807, 2.05) is 0 Å². The van der Waals surface area contributed by atoms with Crippen LogP contribution in [0.4, 0.5) is 0 Å². The molecule has 16 heavy (non-hydrogen) atoms. The molecule has 2 atom stereocenters. The summed E-state index contributed by atoms with van der Waals surface area (Å²) in [5.41, 5.74) is 0.751. The van der Waals surface area contributed by atoms with Crippen LogP contribution in [0.5, 0.6) is 0 Å². The standard InChI is InChI=1S/C12H15NO3/c1-8(9(2)12(15)16-3)11(14)10-6-4-5-7-13-10/h4-8,11,14H,2H2,1,3H3/t8-,11-/m0/s1. The van der Waals surface area contributed by atoms with Crippen molar-refractivity contribution in [2.75, 3.05) is 7.11 Å². The van der Waals surface area contributed by atoms with Crippen LogP contribution in [0.1, 0.15) is 18.7 Å². The highest BCUT2D eigenvalue weighted by Gasteiger charge is 2.24. The molecule has 0 amide bonds. The molecule has 0 saturated heterocycles. The predicted molar refractivity (Wildman–Crippen MR) is 59.5 cm³/mol. The van der Waals surface area contributed by atoms with E-state index in [1.165, 1.54) is 7.11 Å². The molecule has 0 spiro atoms. The minimum Gasteiger partial charge on any atom is -0.466 e. The second-order valence-corrected chi connectivity index (χ2v) is 3.50. The van der Waals surface area contributed by atoms with Crippen LogP contribution in [0.15, 0.2) is 36.5 Å². The van der Waals surface area contributed by atoms with Gasteiger partial charge in [-0.05, 0) is 12.1 Å². The van der Waals surface area contributed by atoms with Crippen LogP contribution in [0.25, 0.3) is 0 Å². The lowest BCUT2D eigenvalue weighted by molar-refractivity contribution is -0.137. The molecule has 1 heterocycles. The third kappa shape index (κ3) is 2.67. The van der Waals surface area contributed by atoms with Gasteiger partial charge in [0.05, 0.1) is 12.8 Å². The van der Waals surface area contributed by atoms with Gasteiger partial charge in [0.2, 0.25) is 0 Å². The molecule has 0 fully saturated rings. The fourth-order valence-corrected chi connectivity index (χ4v) is 1.31. The van der Waals surface area contributed by atoms with Gasteiger partial charge in [-0.15, -0.1) is 0 Å². The Morgan fingerprint density at radius 3 is 2.75 bits per heavy atom. The van der Waals surface area contributed by atoms with E-state index in [-0.39, 0.29) is 5.57 Å². The van der Waals surface area contributed by atoms with E-state index >= 15 is 0 Å². The highest BCUT2D eigenvalue weighted by molar-refractivity contribution is 5.88. The van der Waals surface area contributed by atoms with Gasteiger partial charge in [-0.3, -0.25) is 4.98 Å². The Morgan fingerprint density at radius 2 is 2.25 bits per heavy atom. The van der Waals surface area contributed by atoms with Crippen molar-refractivity contribution >= 4 is 5.97 Å². The minimum absolute atomic E-state index is 0.237. The predicted octanol–water partition coefficient (Wildman–Crippen LogP) is 1.48. The lowest BCUT2D eigenvalue weighted by Crippen LogP contribution is -2.18. The molecule has 0 saturated carbocycles. The molecule has 0 radical (unpaired) electrons. The average molecular weight is 221 g/mol. The van der Waals surface area contributed by atoms with Gasteiger partial charge in [0, 0.05) is 17.7 Å². The summed E-state index contributed by atoms with van der Waals surface area (Å²) in [5, 5.41) is 9.97. The van der Waals surface area contributed by atoms with Gasteiger partial charge in [0.25, 0.3) is 0 Å². The molecule has 1 N–H and O–H groups in total. The molecule has 0 aliphatic carbocycles. The zero-order valence-corrected chi connectivity index (χ0v) is 9.38. The van der Waals surface area contributed by atoms with E-state index in [2.05, 4.69) is 16.3 Å². The number of esters is 1. The fourth-order valence-electron chi connectivity index (χ4n) is 1.31. The summed E-state index contributed by atoms with van der Waals surface area (Å²) in [6, 6.07) is 5.24. The molecule has 1 aromatic rings. The summed E-state index contributed by atoms with van der Waals surface area (Å²) < 4.78 is 4.55. The van der Waals surface area contributed by atoms with Gasteiger partial charge in [0.15, 0.2) is 0 Å². The van der Waals surface area contributed by atoms with Crippen LogP contribution in [0.2, 0.25) is 0 Å². The van der Waals surface area contributed by atoms with Crippen molar-refractivity contribution in [3.8, 4) is 0 Å². The molecular weight excluding hydrogens is 206 g/mol. The topological polar surface area (TPSA) is 59.4 Å². The molecule has 0 aromatic carbocycles. The van der Waals surface area contributed by atoms with Gasteiger partial charge >= 0.3 is 5.97 Å². The number of aliphatic hydroxyl groups is 1. The van der Waals surface area contributed by atoms with E-state index in [0.29, 0.717) is 5.69 Å². The summed E-state index contributed by atoms with van der Waals surface area (Å²) in [5.74, 6) is -0.940. The van der Waals surface area contributed by atoms with Crippen LogP contribution in [-0.2, 0) is 9.53 Å². The smallest absolute Gasteiger partial charge is 0.333 e. The largest absolute Gasteiger partial charge is 0.466 e. The van der Waals surface area contributed by atoms with Gasteiger partial charge in [-0.25, -0.2) is 4.79 Å². The summed E-state index contributed by atoms with van der Waals surface area (Å²) in [4.78, 5) is 15.3. The Bertz CT molecular complexity index is 375. The zero-order valence-electron chi connectivity index (χ0n) is 9.38. The number of rotatable bonds is 4. The molecule has 1 aromatic heterocycles. The van der Waals surface area contributed by atoms with Gasteiger partial charge in [0.1, 0.15) is 6.10 Å². The lowest BCUT2D eigenvalue weighted by Gasteiger charge is -2.18. The van der Waals surface area contributed by atoms with Crippen molar-refractivity contribution in [3.05, 3.63) is 42.2 Å². The third-order valence-corrected chi connectivity index (χ3v) is 2.46. The molecule has 0 aliphatic rings. The van der Waals surface area contributed by atoms with E-state index in [9.17, 15) is 9.90 Å². The number of pyridine rings is 1. The van der Waals surface area contributed by atoms with Gasteiger partial charge < -0.3 is 9.84 Å². The lowest BCUT2D eigenvalue weighted by atomic mass is 9.94. The fraction of sp³-hybridized carbons (Fsp3) is 0.333. The first kappa shape index (κ1) is 12.4. The molecule has 0 bridgehead atoms. The molecule has 0 aliphatic heterocycles. The maximum atomic E-state index is 11.2. The van der Waals surface area contributed by atoms with Crippen molar-refractivity contribution < 1.29 is 14.6 Å². The molecule has 0 unspecified atom stereocenters. The average Bonchev–Trinajstić information content (AvgIpc) is 2.36. The number of ether oxygens (including phenoxy) is 1. The first-order valence-corrected chi connectivity index (χ1v) is 4.94. The summed E-state index contributed by atoms with van der Waals surface area (Å²) in [7, 11) is 1.29. The summed E-state index contributed by atoms with van der Waals surface area (Å²) in [6.45, 7) is 5.32. The van der Waals surface area contributed by atoms with Crippen LogP contribution >= 0.6 is 0 Å². The van der Waals surface area contributed by atoms with Crippen molar-refractivity contribution in [1.29, 1.82) is 0 Å². The quantitative estimate of drug-likeness (QED) is 0.618. The minimum atomic E-state index is -0.854. The SMILES string of the molecule is C=C(C(=O)OC)[C@H](C)[C@H](O)c1ccccn1. The van der Waals surface area contributed by atoms with E-state index in [0.717, 1.165) is 0 Å². The second-order valence-electron chi connectivity index (χ2n) is 3.50. The monoisotopic (exact) mass is 221 g/mol. The van der Waals surface area contributed by atoms with Gasteiger partial charge in [-0.2, -0.15) is 0 Å². The first-order chi connectivity index (χ1) is 7.57. The Balaban J connectivity index is 2.79. The van der Waals surface area contributed by atoms with Crippen molar-refractivity contribution in [2.24, 2.45) is 5.92 Å². The number of hydrogen-bond donors (Lipinski definition) is 1. The first-order valence-electron chi connectivity index (χ1n) is 4.94. The highest BCUT2D eigenvalue weighted by atomic mass is 16.5. The van der Waals surface area contributed by atoms with E-state index in [1.54, 1.807) is 31.3 Å². The van der Waals surface area contributed by atoms with Crippen LogP contribution in [-0.4, -0.2) is 23.2 Å². The summed E-state index contributed by atoms with van der Waals surface area (Å²) >= 11 is 0. The molecular formula is C12H15NO3. The third-order valence-electron chi connectivity index (χ3n) is 2.46. The number of aliphatic hydroxyl groups excluding tert-OH is 1. The maximum Gasteiger partial charge on any atom is 0.333 e. The van der Waals surface area contributed by atoms with E-state index < -0.39 is 18.0 Å². The van der Waals surface area contributed by atoms with Crippen LogP contribution in [0.3, 0.4) is 0 Å². The summed E-state index contributed by atoms with van der Waals surface area (Å²) in [6.07, 6.45) is 0.736. The van der Waals surface area contributed by atoms with Crippen LogP contribution in [0, 0.1) is 5.92 Å².